The van der Waals surface area contributed by atoms with Gasteiger partial charge in [0, 0.05) is 19.1 Å². The zero-order chi connectivity index (χ0) is 19.6. The van der Waals surface area contributed by atoms with Crippen LogP contribution in [-0.2, 0) is 9.53 Å². The summed E-state index contributed by atoms with van der Waals surface area (Å²) < 4.78 is 5.44. The predicted octanol–water partition coefficient (Wildman–Crippen LogP) is 2.60. The highest BCUT2D eigenvalue weighted by Gasteiger charge is 2.31. The summed E-state index contributed by atoms with van der Waals surface area (Å²) in [5.41, 5.74) is 1.20. The van der Waals surface area contributed by atoms with Gasteiger partial charge in [-0.05, 0) is 45.7 Å². The van der Waals surface area contributed by atoms with Crippen LogP contribution in [0.2, 0.25) is 0 Å². The second-order valence-corrected chi connectivity index (χ2v) is 8.27. The maximum atomic E-state index is 12.2. The van der Waals surface area contributed by atoms with E-state index in [1.807, 2.05) is 45.0 Å². The molecule has 0 aliphatic carbocycles. The van der Waals surface area contributed by atoms with E-state index in [9.17, 15) is 14.7 Å². The van der Waals surface area contributed by atoms with E-state index in [2.05, 4.69) is 5.32 Å². The molecule has 1 aromatic rings. The summed E-state index contributed by atoms with van der Waals surface area (Å²) in [5.74, 6) is -0.0588. The lowest BCUT2D eigenvalue weighted by molar-refractivity contribution is -0.117. The Balaban J connectivity index is 1.60. The number of para-hydroxylation sites is 2. The molecule has 7 heteroatoms. The summed E-state index contributed by atoms with van der Waals surface area (Å²) >= 11 is 0. The highest BCUT2D eigenvalue weighted by molar-refractivity contribution is 5.99. The fourth-order valence-electron chi connectivity index (χ4n) is 3.51. The SMILES string of the molecule is CC(C)(C)OC(=O)N1CCC(Nc2ccccc2N2CC(O)CC2=O)CC1. The van der Waals surface area contributed by atoms with Gasteiger partial charge in [0.15, 0.2) is 0 Å². The Morgan fingerprint density at radius 1 is 1.22 bits per heavy atom. The van der Waals surface area contributed by atoms with E-state index < -0.39 is 11.7 Å². The van der Waals surface area contributed by atoms with Gasteiger partial charge in [0.05, 0.1) is 30.4 Å². The number of hydrogen-bond acceptors (Lipinski definition) is 5. The van der Waals surface area contributed by atoms with Gasteiger partial charge < -0.3 is 25.0 Å². The molecule has 0 aromatic heterocycles. The van der Waals surface area contributed by atoms with Crippen molar-refractivity contribution in [3.05, 3.63) is 24.3 Å². The number of anilines is 2. The number of nitrogens with one attached hydrogen (secondary N) is 1. The van der Waals surface area contributed by atoms with Crippen molar-refractivity contribution in [2.45, 2.75) is 57.8 Å². The second kappa shape index (κ2) is 7.76. The van der Waals surface area contributed by atoms with Crippen LogP contribution < -0.4 is 10.2 Å². The molecule has 0 spiro atoms. The minimum absolute atomic E-state index is 0.0588. The number of likely N-dealkylation sites (tertiary alicyclic amines) is 1. The minimum atomic E-state index is -0.609. The van der Waals surface area contributed by atoms with E-state index >= 15 is 0 Å². The number of carbonyl (C=O) groups excluding carboxylic acids is 2. The van der Waals surface area contributed by atoms with Crippen molar-refractivity contribution in [2.75, 3.05) is 29.9 Å². The molecule has 27 heavy (non-hydrogen) atoms. The van der Waals surface area contributed by atoms with E-state index in [1.54, 1.807) is 9.80 Å². The van der Waals surface area contributed by atoms with Crippen molar-refractivity contribution in [3.63, 3.8) is 0 Å². The van der Waals surface area contributed by atoms with Gasteiger partial charge in [0.2, 0.25) is 5.91 Å². The normalized spacial score (nSPS) is 21.5. The van der Waals surface area contributed by atoms with Gasteiger partial charge in [0.25, 0.3) is 0 Å². The van der Waals surface area contributed by atoms with E-state index in [0.29, 0.717) is 19.6 Å². The van der Waals surface area contributed by atoms with Crippen molar-refractivity contribution in [2.24, 2.45) is 0 Å². The number of β-amino-alcohol motifs (C(OH)–C–C–N with tert-alkyl or cyclic N) is 1. The summed E-state index contributed by atoms with van der Waals surface area (Å²) in [7, 11) is 0. The van der Waals surface area contributed by atoms with E-state index in [4.69, 9.17) is 4.74 Å². The Kier molecular flexibility index (Phi) is 5.60. The quantitative estimate of drug-likeness (QED) is 0.849. The Bertz CT molecular complexity index is 693. The molecule has 2 saturated heterocycles. The van der Waals surface area contributed by atoms with Crippen LogP contribution in [0.25, 0.3) is 0 Å². The molecule has 2 fully saturated rings. The Labute approximate surface area is 160 Å². The van der Waals surface area contributed by atoms with Crippen LogP contribution in [0, 0.1) is 0 Å². The highest BCUT2D eigenvalue weighted by atomic mass is 16.6. The van der Waals surface area contributed by atoms with Crippen molar-refractivity contribution in [1.29, 1.82) is 0 Å². The Morgan fingerprint density at radius 3 is 2.48 bits per heavy atom. The summed E-state index contributed by atoms with van der Waals surface area (Å²) in [6, 6.07) is 7.89. The molecular formula is C20H29N3O4. The van der Waals surface area contributed by atoms with Crippen molar-refractivity contribution >= 4 is 23.4 Å². The average molecular weight is 375 g/mol. The summed E-state index contributed by atoms with van der Waals surface area (Å²) in [6.45, 7) is 7.20. The molecule has 7 nitrogen and oxygen atoms in total. The van der Waals surface area contributed by atoms with Crippen LogP contribution >= 0.6 is 0 Å². The first-order valence-electron chi connectivity index (χ1n) is 9.55. The number of benzene rings is 1. The molecule has 2 amide bonds. The molecule has 2 heterocycles. The zero-order valence-electron chi connectivity index (χ0n) is 16.3. The van der Waals surface area contributed by atoms with Gasteiger partial charge in [-0.15, -0.1) is 0 Å². The molecule has 2 N–H and O–H groups in total. The summed E-state index contributed by atoms with van der Waals surface area (Å²) in [4.78, 5) is 27.7. The molecule has 2 aliphatic rings. The Morgan fingerprint density at radius 2 is 1.89 bits per heavy atom. The second-order valence-electron chi connectivity index (χ2n) is 8.27. The lowest BCUT2D eigenvalue weighted by Crippen LogP contribution is -2.44. The van der Waals surface area contributed by atoms with Crippen LogP contribution in [-0.4, -0.2) is 59.4 Å². The third-order valence-electron chi connectivity index (χ3n) is 4.81. The minimum Gasteiger partial charge on any atom is -0.444 e. The van der Waals surface area contributed by atoms with Gasteiger partial charge in [-0.3, -0.25) is 4.79 Å². The van der Waals surface area contributed by atoms with Crippen LogP contribution in [0.3, 0.4) is 0 Å². The fourth-order valence-corrected chi connectivity index (χ4v) is 3.51. The third kappa shape index (κ3) is 4.91. The number of hydrogen-bond donors (Lipinski definition) is 2. The maximum Gasteiger partial charge on any atom is 0.410 e. The number of nitrogens with zero attached hydrogens (tertiary/aromatic N) is 2. The molecule has 2 aliphatic heterocycles. The fraction of sp³-hybridized carbons (Fsp3) is 0.600. The zero-order valence-corrected chi connectivity index (χ0v) is 16.3. The topological polar surface area (TPSA) is 82.1 Å². The van der Waals surface area contributed by atoms with E-state index in [1.165, 1.54) is 0 Å². The number of aliphatic hydroxyl groups excluding tert-OH is 1. The van der Waals surface area contributed by atoms with Crippen molar-refractivity contribution in [1.82, 2.24) is 4.90 Å². The summed E-state index contributed by atoms with van der Waals surface area (Å²) in [5, 5.41) is 13.3. The van der Waals surface area contributed by atoms with Crippen molar-refractivity contribution in [3.8, 4) is 0 Å². The first-order chi connectivity index (χ1) is 12.7. The number of ether oxygens (including phenoxy) is 1. The lowest BCUT2D eigenvalue weighted by Gasteiger charge is -2.34. The Hall–Kier alpha value is -2.28. The third-order valence-corrected chi connectivity index (χ3v) is 4.81. The van der Waals surface area contributed by atoms with Crippen LogP contribution in [0.15, 0.2) is 24.3 Å². The van der Waals surface area contributed by atoms with E-state index in [-0.39, 0.29) is 24.5 Å². The monoisotopic (exact) mass is 375 g/mol. The molecule has 1 atom stereocenters. The molecular weight excluding hydrogens is 346 g/mol. The number of aliphatic hydroxyl groups is 1. The number of amides is 2. The lowest BCUT2D eigenvalue weighted by atomic mass is 10.0. The summed E-state index contributed by atoms with van der Waals surface area (Å²) in [6.07, 6.45) is 0.914. The number of rotatable bonds is 3. The molecule has 0 radical (unpaired) electrons. The molecule has 1 aromatic carbocycles. The molecule has 0 bridgehead atoms. The molecule has 0 saturated carbocycles. The molecule has 148 valence electrons. The van der Waals surface area contributed by atoms with Gasteiger partial charge in [-0.25, -0.2) is 4.79 Å². The number of carbonyl (C=O) groups is 2. The maximum absolute atomic E-state index is 12.2. The number of piperidine rings is 1. The van der Waals surface area contributed by atoms with Gasteiger partial charge >= 0.3 is 6.09 Å². The first-order valence-corrected chi connectivity index (χ1v) is 9.55. The molecule has 1 unspecified atom stereocenters. The highest BCUT2D eigenvalue weighted by Crippen LogP contribution is 2.31. The largest absolute Gasteiger partial charge is 0.444 e. The van der Waals surface area contributed by atoms with Gasteiger partial charge in [-0.1, -0.05) is 12.1 Å². The van der Waals surface area contributed by atoms with E-state index in [0.717, 1.165) is 24.2 Å². The van der Waals surface area contributed by atoms with Gasteiger partial charge in [-0.2, -0.15) is 0 Å². The van der Waals surface area contributed by atoms with Crippen LogP contribution in [0.5, 0.6) is 0 Å². The van der Waals surface area contributed by atoms with Crippen LogP contribution in [0.4, 0.5) is 16.2 Å². The van der Waals surface area contributed by atoms with Gasteiger partial charge in [0.1, 0.15) is 5.60 Å². The van der Waals surface area contributed by atoms with Crippen LogP contribution in [0.1, 0.15) is 40.0 Å². The first kappa shape index (κ1) is 19.5. The smallest absolute Gasteiger partial charge is 0.410 e. The standard InChI is InChI=1S/C20H29N3O4/c1-20(2,3)27-19(26)22-10-8-14(9-11-22)21-16-6-4-5-7-17(16)23-13-15(24)12-18(23)25/h4-7,14-15,21,24H,8-13H2,1-3H3. The van der Waals surface area contributed by atoms with Crippen molar-refractivity contribution < 1.29 is 19.4 Å². The predicted molar refractivity (Wildman–Crippen MR) is 104 cm³/mol. The molecule has 3 rings (SSSR count). The average Bonchev–Trinajstić information content (AvgIpc) is 2.93.